The quantitative estimate of drug-likeness (QED) is 0.187. The smallest absolute Gasteiger partial charge is 0.423 e. The molecule has 0 aliphatic heterocycles. The molecular formula is C28H32BBrN6O2. The first-order valence-corrected chi connectivity index (χ1v) is 13.3. The lowest BCUT2D eigenvalue weighted by Crippen LogP contribution is -2.29. The Balaban J connectivity index is 0.000000140. The van der Waals surface area contributed by atoms with Gasteiger partial charge >= 0.3 is 7.12 Å². The number of hydrogen-bond donors (Lipinski definition) is 6. The highest BCUT2D eigenvalue weighted by atomic mass is 79.9. The summed E-state index contributed by atoms with van der Waals surface area (Å²) < 4.78 is 1.14. The molecule has 8 nitrogen and oxygen atoms in total. The summed E-state index contributed by atoms with van der Waals surface area (Å²) in [6.45, 7) is 0. The Bertz CT molecular complexity index is 1300. The van der Waals surface area contributed by atoms with E-state index in [2.05, 4.69) is 79.0 Å². The summed E-state index contributed by atoms with van der Waals surface area (Å²) in [6, 6.07) is 25.0. The molecule has 0 spiro atoms. The number of hydrogen-bond acceptors (Lipinski definition) is 8. The molecule has 2 aromatic heterocycles. The van der Waals surface area contributed by atoms with Crippen LogP contribution < -0.4 is 27.6 Å². The van der Waals surface area contributed by atoms with E-state index in [-0.39, 0.29) is 0 Å². The van der Waals surface area contributed by atoms with Crippen molar-refractivity contribution in [3.05, 3.63) is 89.7 Å². The van der Waals surface area contributed by atoms with Gasteiger partial charge < -0.3 is 32.1 Å². The minimum atomic E-state index is -1.46. The van der Waals surface area contributed by atoms with E-state index in [1.54, 1.807) is 0 Å². The first-order chi connectivity index (χ1) is 18.4. The maximum Gasteiger partial charge on any atom is 0.490 e. The fraction of sp³-hybridized carbons (Fsp3) is 0.214. The second kappa shape index (κ2) is 13.3. The second-order valence-electron chi connectivity index (χ2n) is 9.29. The van der Waals surface area contributed by atoms with Gasteiger partial charge in [-0.1, -0.05) is 40.2 Å². The van der Waals surface area contributed by atoms with Crippen LogP contribution in [0.15, 0.2) is 89.7 Å². The van der Waals surface area contributed by atoms with E-state index >= 15 is 0 Å². The van der Waals surface area contributed by atoms with Crippen molar-refractivity contribution < 1.29 is 10.0 Å². The molecule has 0 bridgehead atoms. The van der Waals surface area contributed by atoms with Crippen molar-refractivity contribution >= 4 is 51.5 Å². The molecule has 0 saturated heterocycles. The number of benzene rings is 2. The van der Waals surface area contributed by atoms with Gasteiger partial charge in [-0.2, -0.15) is 0 Å². The molecule has 4 aromatic rings. The number of aromatic nitrogens is 2. The number of nitrogens with zero attached hydrogens (tertiary/aromatic N) is 2. The van der Waals surface area contributed by atoms with Crippen LogP contribution in [0.3, 0.4) is 0 Å². The lowest BCUT2D eigenvalue weighted by molar-refractivity contribution is 0.425. The van der Waals surface area contributed by atoms with E-state index in [0.29, 0.717) is 23.1 Å². The van der Waals surface area contributed by atoms with E-state index in [1.165, 1.54) is 61.0 Å². The maximum atomic E-state index is 8.59. The highest BCUT2D eigenvalue weighted by Crippen LogP contribution is 2.28. The molecule has 2 saturated carbocycles. The summed E-state index contributed by atoms with van der Waals surface area (Å²) in [4.78, 5) is 7.77. The van der Waals surface area contributed by atoms with Crippen molar-refractivity contribution in [1.29, 1.82) is 0 Å². The summed E-state index contributed by atoms with van der Waals surface area (Å²) in [6.07, 6.45) is 8.35. The van der Waals surface area contributed by atoms with Gasteiger partial charge in [0.2, 0.25) is 0 Å². The number of nitrogens with two attached hydrogens (primary N) is 2. The average molecular weight is 575 g/mol. The Morgan fingerprint density at radius 2 is 1.29 bits per heavy atom. The summed E-state index contributed by atoms with van der Waals surface area (Å²) in [5.41, 5.74) is 15.9. The first-order valence-electron chi connectivity index (χ1n) is 12.5. The van der Waals surface area contributed by atoms with E-state index in [4.69, 9.17) is 21.5 Å². The Morgan fingerprint density at radius 3 is 1.79 bits per heavy atom. The van der Waals surface area contributed by atoms with Crippen LogP contribution in [0.4, 0.5) is 23.0 Å². The zero-order valence-corrected chi connectivity index (χ0v) is 22.6. The van der Waals surface area contributed by atoms with E-state index in [1.807, 2.05) is 24.4 Å². The lowest BCUT2D eigenvalue weighted by Gasteiger charge is -2.07. The van der Waals surface area contributed by atoms with Crippen LogP contribution in [0.5, 0.6) is 0 Å². The van der Waals surface area contributed by atoms with Crippen LogP contribution in [0.25, 0.3) is 11.1 Å². The molecular weight excluding hydrogens is 543 g/mol. The largest absolute Gasteiger partial charge is 0.490 e. The molecule has 6 rings (SSSR count). The molecule has 2 aromatic carbocycles. The van der Waals surface area contributed by atoms with Crippen LogP contribution >= 0.6 is 15.9 Å². The van der Waals surface area contributed by atoms with Crippen molar-refractivity contribution in [2.75, 3.05) is 22.1 Å². The molecule has 196 valence electrons. The van der Waals surface area contributed by atoms with Gasteiger partial charge in [0.15, 0.2) is 0 Å². The molecule has 2 aliphatic rings. The standard InChI is InChI=1S/C14H15N3.C9H10BrN.C5H7BN2O2/c15-14-7-4-11(9-16-14)10-2-1-3-13(8-10)17-12-5-6-12;10-7-2-1-3-9(6-7)11-8-4-5-8;7-5-2-1-4(3-8-5)6(9)10/h1-4,7-9,12,17H,5-6H2,(H2,15,16);1-3,6,8,11H,4-5H2;1-3,9-10H,(H2,7,8). The van der Waals surface area contributed by atoms with Gasteiger partial charge in [-0.05, 0) is 79.8 Å². The SMILES string of the molecule is Brc1cccc(NC2CC2)c1.Nc1ccc(-c2cccc(NC3CC3)c2)cn1.Nc1ccc(B(O)O)cn1. The summed E-state index contributed by atoms with van der Waals surface area (Å²) in [5.74, 6) is 0.922. The molecule has 0 radical (unpaired) electrons. The number of halogens is 1. The van der Waals surface area contributed by atoms with E-state index in [0.717, 1.165) is 16.1 Å². The Morgan fingerprint density at radius 1 is 0.711 bits per heavy atom. The second-order valence-corrected chi connectivity index (χ2v) is 10.2. The van der Waals surface area contributed by atoms with Crippen LogP contribution in [0, 0.1) is 0 Å². The van der Waals surface area contributed by atoms with Crippen molar-refractivity contribution in [3.8, 4) is 11.1 Å². The average Bonchev–Trinajstić information content (AvgIpc) is 3.84. The molecule has 2 heterocycles. The predicted octanol–water partition coefficient (Wildman–Crippen LogP) is 4.27. The zero-order valence-electron chi connectivity index (χ0n) is 21.0. The van der Waals surface area contributed by atoms with Crippen molar-refractivity contribution in [2.45, 2.75) is 37.8 Å². The number of nitrogens with one attached hydrogen (secondary N) is 2. The van der Waals surface area contributed by atoms with Crippen LogP contribution in [-0.4, -0.2) is 39.2 Å². The van der Waals surface area contributed by atoms with Crippen molar-refractivity contribution in [2.24, 2.45) is 0 Å². The van der Waals surface area contributed by atoms with Gasteiger partial charge in [-0.25, -0.2) is 9.97 Å². The molecule has 38 heavy (non-hydrogen) atoms. The number of anilines is 4. The molecule has 10 heteroatoms. The third-order valence-corrected chi connectivity index (χ3v) is 6.30. The summed E-state index contributed by atoms with van der Waals surface area (Å²) in [5, 5.41) is 24.1. The summed E-state index contributed by atoms with van der Waals surface area (Å²) in [7, 11) is -1.46. The topological polar surface area (TPSA) is 142 Å². The van der Waals surface area contributed by atoms with E-state index < -0.39 is 7.12 Å². The fourth-order valence-electron chi connectivity index (χ4n) is 3.44. The molecule has 0 amide bonds. The third-order valence-electron chi connectivity index (χ3n) is 5.81. The van der Waals surface area contributed by atoms with Crippen LogP contribution in [-0.2, 0) is 0 Å². The van der Waals surface area contributed by atoms with Gasteiger partial charge in [0.05, 0.1) is 0 Å². The minimum absolute atomic E-state index is 0.342. The Labute approximate surface area is 231 Å². The summed E-state index contributed by atoms with van der Waals surface area (Å²) >= 11 is 3.43. The highest BCUT2D eigenvalue weighted by molar-refractivity contribution is 9.10. The Kier molecular flexibility index (Phi) is 9.59. The monoisotopic (exact) mass is 574 g/mol. The normalized spacial score (nSPS) is 13.8. The number of rotatable bonds is 6. The van der Waals surface area contributed by atoms with Crippen molar-refractivity contribution in [1.82, 2.24) is 9.97 Å². The molecule has 2 aliphatic carbocycles. The molecule has 2 fully saturated rings. The van der Waals surface area contributed by atoms with Gasteiger partial charge in [-0.3, -0.25) is 0 Å². The predicted molar refractivity (Wildman–Crippen MR) is 160 cm³/mol. The minimum Gasteiger partial charge on any atom is -0.423 e. The molecule has 0 atom stereocenters. The van der Waals surface area contributed by atoms with Gasteiger partial charge in [0.1, 0.15) is 11.6 Å². The van der Waals surface area contributed by atoms with Gasteiger partial charge in [0, 0.05) is 51.4 Å². The highest BCUT2D eigenvalue weighted by Gasteiger charge is 2.21. The Hall–Kier alpha value is -3.60. The molecule has 8 N–H and O–H groups in total. The number of nitrogen functional groups attached to an aromatic ring is 2. The van der Waals surface area contributed by atoms with Crippen molar-refractivity contribution in [3.63, 3.8) is 0 Å². The maximum absolute atomic E-state index is 8.59. The van der Waals surface area contributed by atoms with Gasteiger partial charge in [0.25, 0.3) is 0 Å². The third kappa shape index (κ3) is 9.37. The number of pyridine rings is 2. The zero-order chi connectivity index (χ0) is 26.9. The fourth-order valence-corrected chi connectivity index (χ4v) is 3.84. The molecule has 0 unspecified atom stereocenters. The van der Waals surface area contributed by atoms with E-state index in [9.17, 15) is 0 Å². The first kappa shape index (κ1) is 27.4. The lowest BCUT2D eigenvalue weighted by atomic mass is 9.82. The van der Waals surface area contributed by atoms with Gasteiger partial charge in [-0.15, -0.1) is 0 Å². The van der Waals surface area contributed by atoms with Crippen LogP contribution in [0.1, 0.15) is 25.7 Å². The van der Waals surface area contributed by atoms with Crippen LogP contribution in [0.2, 0.25) is 0 Å².